The molecule has 1 fully saturated rings. The Morgan fingerprint density at radius 1 is 1.22 bits per heavy atom. The maximum Gasteiger partial charge on any atom is 0.223 e. The lowest BCUT2D eigenvalue weighted by atomic mass is 9.97. The molecule has 1 aliphatic rings. The molecule has 1 amide bonds. The van der Waals surface area contributed by atoms with Crippen molar-refractivity contribution >= 4 is 5.91 Å². The average molecular weight is 255 g/mol. The van der Waals surface area contributed by atoms with Crippen LogP contribution in [0.25, 0.3) is 0 Å². The van der Waals surface area contributed by atoms with Gasteiger partial charge in [-0.15, -0.1) is 0 Å². The summed E-state index contributed by atoms with van der Waals surface area (Å²) in [4.78, 5) is 12.1. The largest absolute Gasteiger partial charge is 0.396 e. The fraction of sp³-hybridized carbons (Fsp3) is 0.933. The van der Waals surface area contributed by atoms with Crippen molar-refractivity contribution in [1.82, 2.24) is 5.32 Å². The smallest absolute Gasteiger partial charge is 0.223 e. The summed E-state index contributed by atoms with van der Waals surface area (Å²) in [6, 6.07) is 0. The molecule has 1 saturated carbocycles. The van der Waals surface area contributed by atoms with Gasteiger partial charge in [-0.1, -0.05) is 39.0 Å². The molecule has 3 nitrogen and oxygen atoms in total. The van der Waals surface area contributed by atoms with Gasteiger partial charge in [-0.25, -0.2) is 0 Å². The van der Waals surface area contributed by atoms with Crippen LogP contribution in [0.15, 0.2) is 0 Å². The molecule has 0 heterocycles. The first-order chi connectivity index (χ1) is 8.77. The van der Waals surface area contributed by atoms with E-state index in [1.807, 2.05) is 0 Å². The van der Waals surface area contributed by atoms with E-state index >= 15 is 0 Å². The summed E-state index contributed by atoms with van der Waals surface area (Å²) in [7, 11) is 0. The molecule has 0 aromatic carbocycles. The topological polar surface area (TPSA) is 49.3 Å². The molecule has 0 radical (unpaired) electrons. The molecule has 1 rings (SSSR count). The summed E-state index contributed by atoms with van der Waals surface area (Å²) in [5, 5.41) is 12.1. The first-order valence-corrected chi connectivity index (χ1v) is 7.66. The van der Waals surface area contributed by atoms with Crippen molar-refractivity contribution in [2.45, 2.75) is 64.7 Å². The van der Waals surface area contributed by atoms with E-state index in [1.54, 1.807) is 0 Å². The van der Waals surface area contributed by atoms with Crippen LogP contribution in [0.4, 0.5) is 0 Å². The lowest BCUT2D eigenvalue weighted by Gasteiger charge is -2.19. The summed E-state index contributed by atoms with van der Waals surface area (Å²) < 4.78 is 0. The fourth-order valence-corrected chi connectivity index (χ4v) is 2.87. The first kappa shape index (κ1) is 15.5. The summed E-state index contributed by atoms with van der Waals surface area (Å²) in [5.74, 6) is 0.926. The maximum atomic E-state index is 12.1. The first-order valence-electron chi connectivity index (χ1n) is 7.66. The second-order valence-corrected chi connectivity index (χ2v) is 5.60. The van der Waals surface area contributed by atoms with Crippen LogP contribution in [-0.4, -0.2) is 24.2 Å². The summed E-state index contributed by atoms with van der Waals surface area (Å²) in [5.41, 5.74) is 0. The Morgan fingerprint density at radius 2 is 1.89 bits per heavy atom. The molecule has 0 aromatic rings. The highest BCUT2D eigenvalue weighted by Gasteiger charge is 2.20. The molecule has 2 N–H and O–H groups in total. The van der Waals surface area contributed by atoms with Crippen molar-refractivity contribution < 1.29 is 9.90 Å². The highest BCUT2D eigenvalue weighted by atomic mass is 16.3. The Morgan fingerprint density at radius 3 is 2.44 bits per heavy atom. The van der Waals surface area contributed by atoms with Gasteiger partial charge in [0.25, 0.3) is 0 Å². The van der Waals surface area contributed by atoms with Gasteiger partial charge in [0.1, 0.15) is 0 Å². The minimum absolute atomic E-state index is 0.226. The number of hydrogen-bond acceptors (Lipinski definition) is 2. The number of aliphatic hydroxyl groups is 1. The molecule has 0 aliphatic heterocycles. The van der Waals surface area contributed by atoms with Crippen molar-refractivity contribution in [2.75, 3.05) is 13.2 Å². The maximum absolute atomic E-state index is 12.1. The third-order valence-electron chi connectivity index (χ3n) is 4.03. The average Bonchev–Trinajstić information content (AvgIpc) is 2.65. The Labute approximate surface area is 111 Å². The van der Waals surface area contributed by atoms with E-state index in [2.05, 4.69) is 12.2 Å². The zero-order valence-corrected chi connectivity index (χ0v) is 11.8. The molecule has 3 heteroatoms. The summed E-state index contributed by atoms with van der Waals surface area (Å²) in [6.07, 6.45) is 10.1. The van der Waals surface area contributed by atoms with Gasteiger partial charge in [-0.3, -0.25) is 4.79 Å². The molecule has 18 heavy (non-hydrogen) atoms. The van der Waals surface area contributed by atoms with Crippen LogP contribution in [0.5, 0.6) is 0 Å². The van der Waals surface area contributed by atoms with Gasteiger partial charge in [-0.2, -0.15) is 0 Å². The molecule has 0 saturated heterocycles. The van der Waals surface area contributed by atoms with Crippen LogP contribution < -0.4 is 5.32 Å². The van der Waals surface area contributed by atoms with E-state index in [0.717, 1.165) is 38.6 Å². The third-order valence-corrected chi connectivity index (χ3v) is 4.03. The summed E-state index contributed by atoms with van der Waals surface area (Å²) >= 11 is 0. The molecule has 106 valence electrons. The van der Waals surface area contributed by atoms with Crippen molar-refractivity contribution in [1.29, 1.82) is 0 Å². The van der Waals surface area contributed by atoms with Crippen LogP contribution in [0.1, 0.15) is 64.7 Å². The van der Waals surface area contributed by atoms with E-state index in [9.17, 15) is 4.79 Å². The predicted octanol–water partition coefficient (Wildman–Crippen LogP) is 2.87. The van der Waals surface area contributed by atoms with Gasteiger partial charge < -0.3 is 10.4 Å². The second kappa shape index (κ2) is 9.37. The zero-order chi connectivity index (χ0) is 13.2. The standard InChI is InChI=1S/C15H29NO2/c1-2-7-13(10-11-17)12-16-15(18)14-8-5-3-4-6-9-14/h13-14,17H,2-12H2,1H3,(H,16,18). The number of rotatable bonds is 7. The van der Waals surface area contributed by atoms with Crippen LogP contribution in [0, 0.1) is 11.8 Å². The number of amides is 1. The van der Waals surface area contributed by atoms with Crippen LogP contribution in [0.3, 0.4) is 0 Å². The van der Waals surface area contributed by atoms with E-state index in [4.69, 9.17) is 5.11 Å². The lowest BCUT2D eigenvalue weighted by Crippen LogP contribution is -2.34. The van der Waals surface area contributed by atoms with Gasteiger partial charge in [0.05, 0.1) is 0 Å². The van der Waals surface area contributed by atoms with Crippen molar-refractivity contribution in [3.63, 3.8) is 0 Å². The molecule has 1 aliphatic carbocycles. The monoisotopic (exact) mass is 255 g/mol. The van der Waals surface area contributed by atoms with Gasteiger partial charge in [0, 0.05) is 19.1 Å². The number of aliphatic hydroxyl groups excluding tert-OH is 1. The molecule has 0 spiro atoms. The van der Waals surface area contributed by atoms with Crippen LogP contribution >= 0.6 is 0 Å². The molecular formula is C15H29NO2. The van der Waals surface area contributed by atoms with E-state index in [0.29, 0.717) is 5.92 Å². The highest BCUT2D eigenvalue weighted by molar-refractivity contribution is 5.78. The minimum atomic E-state index is 0.226. The Kier molecular flexibility index (Phi) is 8.06. The van der Waals surface area contributed by atoms with Gasteiger partial charge in [0.2, 0.25) is 5.91 Å². The normalized spacial score (nSPS) is 19.2. The number of carbonyl (C=O) groups excluding carboxylic acids is 1. The predicted molar refractivity (Wildman–Crippen MR) is 74.3 cm³/mol. The van der Waals surface area contributed by atoms with Crippen LogP contribution in [-0.2, 0) is 4.79 Å². The van der Waals surface area contributed by atoms with Crippen molar-refractivity contribution in [3.05, 3.63) is 0 Å². The molecule has 0 bridgehead atoms. The molecule has 1 atom stereocenters. The Hall–Kier alpha value is -0.570. The number of carbonyl (C=O) groups is 1. The molecular weight excluding hydrogens is 226 g/mol. The lowest BCUT2D eigenvalue weighted by molar-refractivity contribution is -0.125. The van der Waals surface area contributed by atoms with Gasteiger partial charge in [0.15, 0.2) is 0 Å². The zero-order valence-electron chi connectivity index (χ0n) is 11.8. The molecule has 1 unspecified atom stereocenters. The Balaban J connectivity index is 2.28. The van der Waals surface area contributed by atoms with E-state index < -0.39 is 0 Å². The number of nitrogens with one attached hydrogen (secondary N) is 1. The second-order valence-electron chi connectivity index (χ2n) is 5.60. The van der Waals surface area contributed by atoms with Gasteiger partial charge in [-0.05, 0) is 31.6 Å². The van der Waals surface area contributed by atoms with E-state index in [1.165, 1.54) is 25.7 Å². The van der Waals surface area contributed by atoms with E-state index in [-0.39, 0.29) is 18.4 Å². The highest BCUT2D eigenvalue weighted by Crippen LogP contribution is 2.23. The fourth-order valence-electron chi connectivity index (χ4n) is 2.87. The summed E-state index contributed by atoms with van der Waals surface area (Å²) in [6.45, 7) is 3.12. The SMILES string of the molecule is CCCC(CCO)CNC(=O)C1CCCCCC1. The minimum Gasteiger partial charge on any atom is -0.396 e. The number of hydrogen-bond donors (Lipinski definition) is 2. The van der Waals surface area contributed by atoms with Crippen LogP contribution in [0.2, 0.25) is 0 Å². The third kappa shape index (κ3) is 5.85. The van der Waals surface area contributed by atoms with Crippen molar-refractivity contribution in [3.8, 4) is 0 Å². The van der Waals surface area contributed by atoms with Gasteiger partial charge >= 0.3 is 0 Å². The molecule has 0 aromatic heterocycles. The quantitative estimate of drug-likeness (QED) is 0.687. The Bertz CT molecular complexity index is 217. The van der Waals surface area contributed by atoms with Crippen molar-refractivity contribution in [2.24, 2.45) is 11.8 Å².